The summed E-state index contributed by atoms with van der Waals surface area (Å²) in [6, 6.07) is 4.97. The Morgan fingerprint density at radius 2 is 2.12 bits per heavy atom. The number of carbonyl (C=O) groups is 1. The largest absolute Gasteiger partial charge is 0.465 e. The van der Waals surface area contributed by atoms with E-state index < -0.39 is 11.8 Å². The van der Waals surface area contributed by atoms with Gasteiger partial charge in [0, 0.05) is 12.6 Å². The van der Waals surface area contributed by atoms with E-state index >= 15 is 0 Å². The van der Waals surface area contributed by atoms with Crippen LogP contribution in [-0.4, -0.2) is 31.1 Å². The second-order valence-electron chi connectivity index (χ2n) is 4.31. The fourth-order valence-electron chi connectivity index (χ4n) is 1.40. The highest BCUT2D eigenvalue weighted by atomic mass is 19.1. The predicted molar refractivity (Wildman–Crippen MR) is 64.3 cm³/mol. The van der Waals surface area contributed by atoms with Crippen LogP contribution in [0.15, 0.2) is 18.2 Å². The van der Waals surface area contributed by atoms with Crippen LogP contribution in [0.3, 0.4) is 0 Å². The summed E-state index contributed by atoms with van der Waals surface area (Å²) >= 11 is 0. The molecule has 1 aromatic carbocycles. The smallest absolute Gasteiger partial charge is 0.340 e. The molecule has 1 rings (SSSR count). The summed E-state index contributed by atoms with van der Waals surface area (Å²) in [6.07, 6.45) is 0. The lowest BCUT2D eigenvalue weighted by Gasteiger charge is -2.21. The van der Waals surface area contributed by atoms with Crippen LogP contribution in [0.5, 0.6) is 0 Å². The van der Waals surface area contributed by atoms with Gasteiger partial charge in [0.2, 0.25) is 0 Å². The molecule has 0 aliphatic heterocycles. The van der Waals surface area contributed by atoms with Crippen molar-refractivity contribution in [1.29, 1.82) is 0 Å². The van der Waals surface area contributed by atoms with Crippen LogP contribution in [0.2, 0.25) is 0 Å². The van der Waals surface area contributed by atoms with Crippen LogP contribution >= 0.6 is 0 Å². The van der Waals surface area contributed by atoms with Crippen molar-refractivity contribution in [2.24, 2.45) is 0 Å². The SMILES string of the molecule is COC(=O)c1ccc(CN(C)C(C)C)cc1F. The van der Waals surface area contributed by atoms with Crippen molar-refractivity contribution in [1.82, 2.24) is 4.90 Å². The van der Waals surface area contributed by atoms with Gasteiger partial charge in [-0.05, 0) is 38.6 Å². The summed E-state index contributed by atoms with van der Waals surface area (Å²) in [5, 5.41) is 0. The zero-order chi connectivity index (χ0) is 13.0. The normalized spacial score (nSPS) is 11.0. The van der Waals surface area contributed by atoms with E-state index in [1.165, 1.54) is 19.2 Å². The van der Waals surface area contributed by atoms with E-state index in [2.05, 4.69) is 23.5 Å². The number of nitrogens with zero attached hydrogens (tertiary/aromatic N) is 1. The molecule has 0 unspecified atom stereocenters. The van der Waals surface area contributed by atoms with E-state index in [4.69, 9.17) is 0 Å². The average Bonchev–Trinajstić information content (AvgIpc) is 2.28. The van der Waals surface area contributed by atoms with Crippen molar-refractivity contribution in [3.8, 4) is 0 Å². The summed E-state index contributed by atoms with van der Waals surface area (Å²) in [5.74, 6) is -1.18. The molecule has 0 saturated carbocycles. The Bertz CT molecular complexity index is 404. The molecule has 1 aromatic rings. The van der Waals surface area contributed by atoms with Gasteiger partial charge in [0.1, 0.15) is 5.82 Å². The molecule has 0 N–H and O–H groups in total. The monoisotopic (exact) mass is 239 g/mol. The molecule has 0 spiro atoms. The number of esters is 1. The van der Waals surface area contributed by atoms with E-state index in [0.717, 1.165) is 5.56 Å². The van der Waals surface area contributed by atoms with Crippen molar-refractivity contribution < 1.29 is 13.9 Å². The second kappa shape index (κ2) is 5.77. The van der Waals surface area contributed by atoms with Crippen molar-refractivity contribution in [3.63, 3.8) is 0 Å². The van der Waals surface area contributed by atoms with Crippen LogP contribution in [0.1, 0.15) is 29.8 Å². The first-order valence-electron chi connectivity index (χ1n) is 5.52. The molecule has 94 valence electrons. The highest BCUT2D eigenvalue weighted by molar-refractivity contribution is 5.89. The Labute approximate surface area is 101 Å². The van der Waals surface area contributed by atoms with Gasteiger partial charge in [0.25, 0.3) is 0 Å². The summed E-state index contributed by atoms with van der Waals surface area (Å²) in [6.45, 7) is 4.79. The van der Waals surface area contributed by atoms with Crippen molar-refractivity contribution in [3.05, 3.63) is 35.1 Å². The summed E-state index contributed by atoms with van der Waals surface area (Å²) in [5.41, 5.74) is 0.815. The third kappa shape index (κ3) is 3.53. The molecule has 0 radical (unpaired) electrons. The molecule has 0 bridgehead atoms. The van der Waals surface area contributed by atoms with Crippen molar-refractivity contribution in [2.45, 2.75) is 26.4 Å². The van der Waals surface area contributed by atoms with E-state index in [9.17, 15) is 9.18 Å². The molecule has 0 atom stereocenters. The molecular weight excluding hydrogens is 221 g/mol. The molecule has 0 fully saturated rings. The van der Waals surface area contributed by atoms with Gasteiger partial charge in [-0.25, -0.2) is 9.18 Å². The highest BCUT2D eigenvalue weighted by Gasteiger charge is 2.13. The standard InChI is InChI=1S/C13H18FNO2/c1-9(2)15(3)8-10-5-6-11(12(14)7-10)13(16)17-4/h5-7,9H,8H2,1-4H3. The molecule has 17 heavy (non-hydrogen) atoms. The number of hydrogen-bond donors (Lipinski definition) is 0. The third-order valence-electron chi connectivity index (χ3n) is 2.75. The summed E-state index contributed by atoms with van der Waals surface area (Å²) < 4.78 is 18.1. The van der Waals surface area contributed by atoms with E-state index in [1.807, 2.05) is 7.05 Å². The maximum Gasteiger partial charge on any atom is 0.340 e. The van der Waals surface area contributed by atoms with E-state index in [1.54, 1.807) is 6.07 Å². The third-order valence-corrected chi connectivity index (χ3v) is 2.75. The molecule has 0 aromatic heterocycles. The first-order valence-corrected chi connectivity index (χ1v) is 5.52. The predicted octanol–water partition coefficient (Wildman–Crippen LogP) is 2.45. The lowest BCUT2D eigenvalue weighted by Crippen LogP contribution is -2.25. The maximum atomic E-state index is 13.6. The van der Waals surface area contributed by atoms with Crippen LogP contribution in [0, 0.1) is 5.82 Å². The quantitative estimate of drug-likeness (QED) is 0.756. The molecular formula is C13H18FNO2. The van der Waals surface area contributed by atoms with Crippen molar-refractivity contribution in [2.75, 3.05) is 14.2 Å². The number of benzene rings is 1. The number of methoxy groups -OCH3 is 1. The Hall–Kier alpha value is -1.42. The van der Waals surface area contributed by atoms with E-state index in [0.29, 0.717) is 12.6 Å². The Morgan fingerprint density at radius 3 is 2.59 bits per heavy atom. The summed E-state index contributed by atoms with van der Waals surface area (Å²) in [7, 11) is 3.21. The first-order chi connectivity index (χ1) is 7.95. The van der Waals surface area contributed by atoms with Crippen LogP contribution in [-0.2, 0) is 11.3 Å². The van der Waals surface area contributed by atoms with Gasteiger partial charge >= 0.3 is 5.97 Å². The van der Waals surface area contributed by atoms with Gasteiger partial charge in [-0.15, -0.1) is 0 Å². The zero-order valence-corrected chi connectivity index (χ0v) is 10.7. The number of hydrogen-bond acceptors (Lipinski definition) is 3. The molecule has 0 aliphatic carbocycles. The molecule has 3 nitrogen and oxygen atoms in total. The molecule has 0 aliphatic rings. The van der Waals surface area contributed by atoms with E-state index in [-0.39, 0.29) is 5.56 Å². The molecule has 0 heterocycles. The molecule has 0 amide bonds. The minimum absolute atomic E-state index is 0.0246. The average molecular weight is 239 g/mol. The number of carbonyl (C=O) groups excluding carboxylic acids is 1. The highest BCUT2D eigenvalue weighted by Crippen LogP contribution is 2.13. The lowest BCUT2D eigenvalue weighted by molar-refractivity contribution is 0.0595. The van der Waals surface area contributed by atoms with Gasteiger partial charge in [-0.3, -0.25) is 4.90 Å². The van der Waals surface area contributed by atoms with Crippen LogP contribution < -0.4 is 0 Å². The topological polar surface area (TPSA) is 29.5 Å². The number of rotatable bonds is 4. The Balaban J connectivity index is 2.86. The van der Waals surface area contributed by atoms with Gasteiger partial charge in [-0.2, -0.15) is 0 Å². The maximum absolute atomic E-state index is 13.6. The van der Waals surface area contributed by atoms with Gasteiger partial charge in [0.05, 0.1) is 12.7 Å². The first kappa shape index (κ1) is 13.6. The lowest BCUT2D eigenvalue weighted by atomic mass is 10.1. The van der Waals surface area contributed by atoms with Crippen LogP contribution in [0.25, 0.3) is 0 Å². The van der Waals surface area contributed by atoms with Gasteiger partial charge in [-0.1, -0.05) is 6.07 Å². The van der Waals surface area contributed by atoms with Gasteiger partial charge in [0.15, 0.2) is 0 Å². The Morgan fingerprint density at radius 1 is 1.47 bits per heavy atom. The minimum atomic E-state index is -0.647. The number of halogens is 1. The number of ether oxygens (including phenoxy) is 1. The Kier molecular flexibility index (Phi) is 4.63. The molecule has 4 heteroatoms. The fourth-order valence-corrected chi connectivity index (χ4v) is 1.40. The zero-order valence-electron chi connectivity index (χ0n) is 10.7. The second-order valence-corrected chi connectivity index (χ2v) is 4.31. The van der Waals surface area contributed by atoms with Crippen molar-refractivity contribution >= 4 is 5.97 Å². The molecule has 0 saturated heterocycles. The van der Waals surface area contributed by atoms with Gasteiger partial charge < -0.3 is 4.74 Å². The fraction of sp³-hybridized carbons (Fsp3) is 0.462. The van der Waals surface area contributed by atoms with Crippen LogP contribution in [0.4, 0.5) is 4.39 Å². The summed E-state index contributed by atoms with van der Waals surface area (Å²) in [4.78, 5) is 13.3. The minimum Gasteiger partial charge on any atom is -0.465 e.